The molecule has 1 atom stereocenters. The standard InChI is InChI=1S/C22H21N3O7S/c26-18(27)11-23-22(19(28)29,32-13-16-9-5-2-6-10-16)17-14-33-20(24-17)25-21(30)31-12-15-7-3-1-4-8-15/h1-10,14,23H,11-13H2,(H,26,27)(H,28,29)(H,24,25,30). The van der Waals surface area contributed by atoms with Crippen LogP contribution in [-0.4, -0.2) is 39.8 Å². The number of nitrogens with one attached hydrogen (secondary N) is 2. The van der Waals surface area contributed by atoms with Crippen LogP contribution in [0.15, 0.2) is 66.0 Å². The Morgan fingerprint density at radius 2 is 1.55 bits per heavy atom. The third kappa shape index (κ3) is 6.59. The molecule has 172 valence electrons. The Hall–Kier alpha value is -3.80. The van der Waals surface area contributed by atoms with Crippen molar-refractivity contribution < 1.29 is 34.1 Å². The predicted molar refractivity (Wildman–Crippen MR) is 119 cm³/mol. The predicted octanol–water partition coefficient (Wildman–Crippen LogP) is 3.02. The first-order valence-electron chi connectivity index (χ1n) is 9.71. The van der Waals surface area contributed by atoms with Crippen LogP contribution in [0.4, 0.5) is 9.93 Å². The summed E-state index contributed by atoms with van der Waals surface area (Å²) in [6.45, 7) is -0.774. The SMILES string of the molecule is O=C(O)CNC(OCc1ccccc1)(C(=O)O)c1csc(NC(=O)OCc2ccccc2)n1. The number of carboxylic acid groups (broad SMARTS) is 2. The summed E-state index contributed by atoms with van der Waals surface area (Å²) in [7, 11) is 0. The number of anilines is 1. The van der Waals surface area contributed by atoms with Crippen molar-refractivity contribution in [2.45, 2.75) is 18.9 Å². The lowest BCUT2D eigenvalue weighted by atomic mass is 10.1. The summed E-state index contributed by atoms with van der Waals surface area (Å²) in [6, 6.07) is 17.9. The number of benzene rings is 2. The number of amides is 1. The number of thiazole rings is 1. The largest absolute Gasteiger partial charge is 0.480 e. The average molecular weight is 471 g/mol. The number of ether oxygens (including phenoxy) is 2. The van der Waals surface area contributed by atoms with Gasteiger partial charge in [0.2, 0.25) is 0 Å². The number of carbonyl (C=O) groups excluding carboxylic acids is 1. The van der Waals surface area contributed by atoms with Crippen LogP contribution in [0.1, 0.15) is 16.8 Å². The van der Waals surface area contributed by atoms with E-state index in [2.05, 4.69) is 15.6 Å². The highest BCUT2D eigenvalue weighted by Gasteiger charge is 2.44. The highest BCUT2D eigenvalue weighted by molar-refractivity contribution is 7.13. The van der Waals surface area contributed by atoms with E-state index in [-0.39, 0.29) is 24.0 Å². The summed E-state index contributed by atoms with van der Waals surface area (Å²) in [6.07, 6.45) is -0.774. The van der Waals surface area contributed by atoms with Gasteiger partial charge >= 0.3 is 18.0 Å². The number of carboxylic acids is 2. The van der Waals surface area contributed by atoms with Gasteiger partial charge in [-0.2, -0.15) is 0 Å². The van der Waals surface area contributed by atoms with Crippen molar-refractivity contribution in [1.29, 1.82) is 0 Å². The fraction of sp³-hybridized carbons (Fsp3) is 0.182. The van der Waals surface area contributed by atoms with Crippen LogP contribution >= 0.6 is 11.3 Å². The van der Waals surface area contributed by atoms with Gasteiger partial charge in [0, 0.05) is 5.38 Å². The molecule has 1 unspecified atom stereocenters. The van der Waals surface area contributed by atoms with Crippen molar-refractivity contribution in [3.05, 3.63) is 82.9 Å². The molecule has 0 fully saturated rings. The third-order valence-electron chi connectivity index (χ3n) is 4.37. The van der Waals surface area contributed by atoms with Crippen LogP contribution in [0.25, 0.3) is 0 Å². The molecule has 1 aromatic heterocycles. The van der Waals surface area contributed by atoms with Gasteiger partial charge in [-0.15, -0.1) is 11.3 Å². The smallest absolute Gasteiger partial charge is 0.413 e. The molecule has 1 amide bonds. The Morgan fingerprint density at radius 3 is 2.12 bits per heavy atom. The molecule has 3 aromatic rings. The van der Waals surface area contributed by atoms with Gasteiger partial charge < -0.3 is 19.7 Å². The van der Waals surface area contributed by atoms with Crippen LogP contribution < -0.4 is 10.6 Å². The molecule has 4 N–H and O–H groups in total. The van der Waals surface area contributed by atoms with Crippen LogP contribution in [0, 0.1) is 0 Å². The number of rotatable bonds is 11. The molecule has 0 saturated carbocycles. The lowest BCUT2D eigenvalue weighted by molar-refractivity contribution is -0.177. The monoisotopic (exact) mass is 471 g/mol. The Morgan fingerprint density at radius 1 is 0.939 bits per heavy atom. The van der Waals surface area contributed by atoms with Crippen LogP contribution in [-0.2, 0) is 38.0 Å². The fourth-order valence-electron chi connectivity index (χ4n) is 2.77. The van der Waals surface area contributed by atoms with E-state index in [1.807, 2.05) is 18.2 Å². The molecule has 10 nitrogen and oxygen atoms in total. The van der Waals surface area contributed by atoms with E-state index in [1.165, 1.54) is 5.38 Å². The number of carbonyl (C=O) groups is 3. The second-order valence-electron chi connectivity index (χ2n) is 6.73. The molecule has 0 aliphatic carbocycles. The van der Waals surface area contributed by atoms with E-state index in [9.17, 15) is 19.5 Å². The molecule has 0 spiro atoms. The summed E-state index contributed by atoms with van der Waals surface area (Å²) in [5.74, 6) is -2.76. The van der Waals surface area contributed by atoms with Crippen molar-refractivity contribution in [1.82, 2.24) is 10.3 Å². The number of hydrogen-bond acceptors (Lipinski definition) is 8. The molecule has 1 heterocycles. The second kappa shape index (κ2) is 11.2. The minimum atomic E-state index is -2.25. The first-order chi connectivity index (χ1) is 15.9. The zero-order valence-corrected chi connectivity index (χ0v) is 18.1. The zero-order chi connectivity index (χ0) is 23.7. The molecule has 2 aromatic carbocycles. The Balaban J connectivity index is 1.74. The van der Waals surface area contributed by atoms with Crippen molar-refractivity contribution >= 4 is 34.5 Å². The number of aromatic nitrogens is 1. The minimum Gasteiger partial charge on any atom is -0.480 e. The lowest BCUT2D eigenvalue weighted by Crippen LogP contribution is -2.53. The molecular formula is C22H21N3O7S. The molecule has 11 heteroatoms. The fourth-order valence-corrected chi connectivity index (χ4v) is 3.50. The Bertz CT molecular complexity index is 1090. The van der Waals surface area contributed by atoms with E-state index >= 15 is 0 Å². The summed E-state index contributed by atoms with van der Waals surface area (Å²) in [5, 5.41) is 25.3. The number of hydrogen-bond donors (Lipinski definition) is 4. The van der Waals surface area contributed by atoms with Gasteiger partial charge in [0.15, 0.2) is 5.13 Å². The highest BCUT2D eigenvalue weighted by Crippen LogP contribution is 2.29. The van der Waals surface area contributed by atoms with Gasteiger partial charge in [-0.1, -0.05) is 60.7 Å². The first-order valence-corrected chi connectivity index (χ1v) is 10.6. The minimum absolute atomic E-state index is 0.0460. The second-order valence-corrected chi connectivity index (χ2v) is 7.59. The molecular weight excluding hydrogens is 450 g/mol. The Labute approximate surface area is 192 Å². The summed E-state index contributed by atoms with van der Waals surface area (Å²) >= 11 is 0.946. The van der Waals surface area contributed by atoms with Crippen molar-refractivity contribution in [3.63, 3.8) is 0 Å². The molecule has 0 radical (unpaired) electrons. The quantitative estimate of drug-likeness (QED) is 0.310. The molecule has 0 saturated heterocycles. The van der Waals surface area contributed by atoms with E-state index in [1.54, 1.807) is 42.5 Å². The van der Waals surface area contributed by atoms with Gasteiger partial charge in [-0.25, -0.2) is 14.6 Å². The van der Waals surface area contributed by atoms with E-state index in [0.717, 1.165) is 16.9 Å². The van der Waals surface area contributed by atoms with Crippen LogP contribution in [0.2, 0.25) is 0 Å². The average Bonchev–Trinajstić information content (AvgIpc) is 3.27. The van der Waals surface area contributed by atoms with Crippen LogP contribution in [0.3, 0.4) is 0 Å². The molecule has 0 bridgehead atoms. The third-order valence-corrected chi connectivity index (χ3v) is 5.13. The molecule has 0 aliphatic heterocycles. The van der Waals surface area contributed by atoms with Gasteiger partial charge in [0.25, 0.3) is 5.72 Å². The molecule has 0 aliphatic rings. The maximum absolute atomic E-state index is 12.2. The van der Waals surface area contributed by atoms with Gasteiger partial charge in [0.05, 0.1) is 13.2 Å². The van der Waals surface area contributed by atoms with Crippen LogP contribution in [0.5, 0.6) is 0 Å². The van der Waals surface area contributed by atoms with E-state index in [4.69, 9.17) is 14.6 Å². The Kier molecular flexibility index (Phi) is 8.08. The van der Waals surface area contributed by atoms with Gasteiger partial charge in [-0.3, -0.25) is 15.4 Å². The topological polar surface area (TPSA) is 147 Å². The lowest BCUT2D eigenvalue weighted by Gasteiger charge is -2.28. The van der Waals surface area contributed by atoms with Crippen molar-refractivity contribution in [2.24, 2.45) is 0 Å². The normalized spacial score (nSPS) is 12.5. The summed E-state index contributed by atoms with van der Waals surface area (Å²) in [5.41, 5.74) is -0.892. The van der Waals surface area contributed by atoms with Gasteiger partial charge in [0.1, 0.15) is 12.3 Å². The maximum Gasteiger partial charge on any atom is 0.413 e. The summed E-state index contributed by atoms with van der Waals surface area (Å²) < 4.78 is 10.8. The summed E-state index contributed by atoms with van der Waals surface area (Å²) in [4.78, 5) is 39.6. The van der Waals surface area contributed by atoms with Gasteiger partial charge in [-0.05, 0) is 11.1 Å². The van der Waals surface area contributed by atoms with Crippen molar-refractivity contribution in [3.8, 4) is 0 Å². The van der Waals surface area contributed by atoms with E-state index in [0.29, 0.717) is 5.56 Å². The molecule has 3 rings (SSSR count). The number of nitrogens with zero attached hydrogens (tertiary/aromatic N) is 1. The molecule has 33 heavy (non-hydrogen) atoms. The van der Waals surface area contributed by atoms with Crippen molar-refractivity contribution in [2.75, 3.05) is 11.9 Å². The zero-order valence-electron chi connectivity index (χ0n) is 17.3. The maximum atomic E-state index is 12.2. The van der Waals surface area contributed by atoms with E-state index < -0.39 is 30.3 Å². The highest BCUT2D eigenvalue weighted by atomic mass is 32.1. The number of aliphatic carboxylic acids is 2. The first kappa shape index (κ1) is 23.9.